The van der Waals surface area contributed by atoms with Crippen LogP contribution in [0, 0.1) is 5.41 Å². The van der Waals surface area contributed by atoms with Crippen LogP contribution in [0.25, 0.3) is 0 Å². The summed E-state index contributed by atoms with van der Waals surface area (Å²) in [5.74, 6) is -0.661. The Labute approximate surface area is 190 Å². The van der Waals surface area contributed by atoms with Gasteiger partial charge in [-0.3, -0.25) is 15.1 Å². The van der Waals surface area contributed by atoms with Crippen molar-refractivity contribution in [1.82, 2.24) is 19.8 Å². The second kappa shape index (κ2) is 10.7. The topological polar surface area (TPSA) is 160 Å². The van der Waals surface area contributed by atoms with Crippen LogP contribution >= 0.6 is 23.8 Å². The van der Waals surface area contributed by atoms with E-state index in [1.54, 1.807) is 4.90 Å². The number of unbranched alkanes of at least 4 members (excludes halogenated alkanes) is 1. The summed E-state index contributed by atoms with van der Waals surface area (Å²) in [5.41, 5.74) is 17.7. The molecule has 1 amide bonds. The molecule has 0 aliphatic rings. The van der Waals surface area contributed by atoms with Gasteiger partial charge in [0.25, 0.3) is 11.1 Å². The van der Waals surface area contributed by atoms with E-state index in [4.69, 9.17) is 51.2 Å². The minimum Gasteiger partial charge on any atom is -0.432 e. The van der Waals surface area contributed by atoms with E-state index in [9.17, 15) is 4.79 Å². The lowest BCUT2D eigenvalue weighted by atomic mass is 10.1. The molecule has 166 valence electrons. The SMILES string of the molecule is CN(C)C(=S)Oc1ccc(CCCCN(C(=N)N)C(=O)c2nc(Cl)c(N)nc2N)cc1. The molecule has 0 unspecified atom stereocenters. The molecule has 0 spiro atoms. The third-order valence-corrected chi connectivity index (χ3v) is 4.96. The van der Waals surface area contributed by atoms with Crippen LogP contribution in [0.3, 0.4) is 0 Å². The van der Waals surface area contributed by atoms with Crippen molar-refractivity contribution in [3.05, 3.63) is 40.7 Å². The third kappa shape index (κ3) is 6.66. The van der Waals surface area contributed by atoms with E-state index in [0.717, 1.165) is 23.3 Å². The standard InChI is InChI=1S/C19H25ClN8O2S/c1-27(2)19(31)30-12-8-6-11(7-9-12)5-3-4-10-28(18(23)24)17(29)13-15(21)26-16(22)14(20)25-13/h6-9H,3-5,10H2,1-2H3,(H3,23,24)(H4,21,22,26). The van der Waals surface area contributed by atoms with E-state index in [1.807, 2.05) is 38.4 Å². The molecule has 2 rings (SSSR count). The Balaban J connectivity index is 1.92. The lowest BCUT2D eigenvalue weighted by Gasteiger charge is -2.20. The maximum Gasteiger partial charge on any atom is 0.283 e. The van der Waals surface area contributed by atoms with Crippen LogP contribution in [-0.4, -0.2) is 57.4 Å². The summed E-state index contributed by atoms with van der Waals surface area (Å²) < 4.78 is 5.55. The average molecular weight is 465 g/mol. The van der Waals surface area contributed by atoms with Gasteiger partial charge in [-0.25, -0.2) is 9.97 Å². The molecule has 7 N–H and O–H groups in total. The third-order valence-electron chi connectivity index (χ3n) is 4.23. The van der Waals surface area contributed by atoms with Crippen LogP contribution < -0.4 is 21.9 Å². The monoisotopic (exact) mass is 464 g/mol. The van der Waals surface area contributed by atoms with E-state index >= 15 is 0 Å². The molecule has 0 bridgehead atoms. The number of thiocarbonyl (C=S) groups is 1. The summed E-state index contributed by atoms with van der Waals surface area (Å²) >= 11 is 11.0. The Morgan fingerprint density at radius 2 is 1.81 bits per heavy atom. The van der Waals surface area contributed by atoms with Gasteiger partial charge in [0.05, 0.1) is 0 Å². The number of carbonyl (C=O) groups is 1. The van der Waals surface area contributed by atoms with E-state index in [2.05, 4.69) is 9.97 Å². The number of nitrogens with zero attached hydrogens (tertiary/aromatic N) is 4. The molecule has 12 heteroatoms. The summed E-state index contributed by atoms with van der Waals surface area (Å²) in [6, 6.07) is 7.61. The van der Waals surface area contributed by atoms with Gasteiger partial charge in [-0.1, -0.05) is 23.7 Å². The number of anilines is 2. The maximum absolute atomic E-state index is 12.7. The fourth-order valence-corrected chi connectivity index (χ4v) is 2.80. The smallest absolute Gasteiger partial charge is 0.283 e. The summed E-state index contributed by atoms with van der Waals surface area (Å²) in [5, 5.41) is 7.96. The second-order valence-electron chi connectivity index (χ2n) is 6.84. The number of nitrogens with one attached hydrogen (secondary N) is 1. The number of aromatic nitrogens is 2. The van der Waals surface area contributed by atoms with Gasteiger partial charge in [0, 0.05) is 20.6 Å². The lowest BCUT2D eigenvalue weighted by molar-refractivity contribution is 0.0838. The quantitative estimate of drug-likeness (QED) is 0.207. The molecule has 0 aliphatic carbocycles. The number of nitrogen functional groups attached to an aromatic ring is 2. The summed E-state index contributed by atoms with van der Waals surface area (Å²) in [4.78, 5) is 23.2. The molecule has 0 radical (unpaired) electrons. The molecule has 0 aliphatic heterocycles. The van der Waals surface area contributed by atoms with Crippen LogP contribution in [0.15, 0.2) is 24.3 Å². The Morgan fingerprint density at radius 1 is 1.16 bits per heavy atom. The zero-order valence-corrected chi connectivity index (χ0v) is 18.8. The van der Waals surface area contributed by atoms with Crippen molar-refractivity contribution in [1.29, 1.82) is 5.41 Å². The number of amides is 1. The van der Waals surface area contributed by atoms with E-state index in [0.29, 0.717) is 17.3 Å². The molecule has 0 atom stereocenters. The van der Waals surface area contributed by atoms with Gasteiger partial charge in [0.15, 0.2) is 28.4 Å². The van der Waals surface area contributed by atoms with Crippen molar-refractivity contribution >= 4 is 52.5 Å². The fourth-order valence-electron chi connectivity index (χ4n) is 2.57. The van der Waals surface area contributed by atoms with E-state index in [-0.39, 0.29) is 29.0 Å². The molecule has 0 fully saturated rings. The van der Waals surface area contributed by atoms with Crippen molar-refractivity contribution in [2.24, 2.45) is 5.73 Å². The van der Waals surface area contributed by atoms with Gasteiger partial charge >= 0.3 is 0 Å². The van der Waals surface area contributed by atoms with Crippen LogP contribution in [0.2, 0.25) is 5.15 Å². The van der Waals surface area contributed by atoms with Gasteiger partial charge in [0.1, 0.15) is 5.75 Å². The molecular weight excluding hydrogens is 440 g/mol. The largest absolute Gasteiger partial charge is 0.432 e. The highest BCUT2D eigenvalue weighted by Gasteiger charge is 2.23. The fraction of sp³-hybridized carbons (Fsp3) is 0.316. The first-order chi connectivity index (χ1) is 14.6. The molecular formula is C19H25ClN8O2S. The zero-order chi connectivity index (χ0) is 23.1. The Hall–Kier alpha value is -3.18. The molecule has 1 heterocycles. The van der Waals surface area contributed by atoms with Crippen LogP contribution in [0.4, 0.5) is 11.6 Å². The highest BCUT2D eigenvalue weighted by molar-refractivity contribution is 7.80. The number of hydrogen-bond donors (Lipinski definition) is 4. The predicted octanol–water partition coefficient (Wildman–Crippen LogP) is 1.88. The lowest BCUT2D eigenvalue weighted by Crippen LogP contribution is -2.42. The number of carbonyl (C=O) groups excluding carboxylic acids is 1. The van der Waals surface area contributed by atoms with Crippen molar-refractivity contribution in [2.75, 3.05) is 32.1 Å². The number of nitrogens with two attached hydrogens (primary N) is 3. The highest BCUT2D eigenvalue weighted by atomic mass is 35.5. The molecule has 31 heavy (non-hydrogen) atoms. The minimum atomic E-state index is -0.655. The van der Waals surface area contributed by atoms with Gasteiger partial charge < -0.3 is 26.8 Å². The first-order valence-corrected chi connectivity index (χ1v) is 10.1. The predicted molar refractivity (Wildman–Crippen MR) is 125 cm³/mol. The van der Waals surface area contributed by atoms with Crippen molar-refractivity contribution in [2.45, 2.75) is 19.3 Å². The number of hydrogen-bond acceptors (Lipinski definition) is 8. The van der Waals surface area contributed by atoms with Gasteiger partial charge in [-0.15, -0.1) is 0 Å². The van der Waals surface area contributed by atoms with E-state index in [1.165, 1.54) is 0 Å². The number of rotatable bonds is 7. The van der Waals surface area contributed by atoms with Crippen LogP contribution in [0.5, 0.6) is 5.75 Å². The average Bonchev–Trinajstić information content (AvgIpc) is 2.71. The number of ether oxygens (including phenoxy) is 1. The van der Waals surface area contributed by atoms with Crippen molar-refractivity contribution in [3.8, 4) is 5.75 Å². The zero-order valence-electron chi connectivity index (χ0n) is 17.3. The molecule has 10 nitrogen and oxygen atoms in total. The van der Waals surface area contributed by atoms with Crippen molar-refractivity contribution in [3.63, 3.8) is 0 Å². The second-order valence-corrected chi connectivity index (χ2v) is 7.55. The number of benzene rings is 1. The first kappa shape index (κ1) is 24.1. The van der Waals surface area contributed by atoms with Crippen LogP contribution in [-0.2, 0) is 6.42 Å². The van der Waals surface area contributed by atoms with E-state index < -0.39 is 11.9 Å². The molecule has 1 aromatic heterocycles. The molecule has 2 aromatic rings. The number of aryl methyl sites for hydroxylation is 1. The van der Waals surface area contributed by atoms with Gasteiger partial charge in [0.2, 0.25) is 0 Å². The van der Waals surface area contributed by atoms with Gasteiger partial charge in [-0.05, 0) is 49.2 Å². The Morgan fingerprint density at radius 3 is 2.39 bits per heavy atom. The highest BCUT2D eigenvalue weighted by Crippen LogP contribution is 2.19. The van der Waals surface area contributed by atoms with Crippen LogP contribution in [0.1, 0.15) is 28.9 Å². The normalized spacial score (nSPS) is 10.4. The minimum absolute atomic E-state index is 0.0787. The number of halogens is 1. The molecule has 1 aromatic carbocycles. The Kier molecular flexibility index (Phi) is 8.34. The van der Waals surface area contributed by atoms with Gasteiger partial charge in [-0.2, -0.15) is 0 Å². The molecule has 0 saturated carbocycles. The summed E-state index contributed by atoms with van der Waals surface area (Å²) in [6.45, 7) is 0.218. The number of guanidine groups is 1. The summed E-state index contributed by atoms with van der Waals surface area (Å²) in [6.07, 6.45) is 2.13. The summed E-state index contributed by atoms with van der Waals surface area (Å²) in [7, 11) is 3.63. The molecule has 0 saturated heterocycles. The maximum atomic E-state index is 12.7. The van der Waals surface area contributed by atoms with Crippen molar-refractivity contribution < 1.29 is 9.53 Å². The first-order valence-electron chi connectivity index (χ1n) is 9.32. The Bertz CT molecular complexity index is 968.